The first-order valence-corrected chi connectivity index (χ1v) is 8.39. The Kier molecular flexibility index (Phi) is 5.92. The number of nitrogens with zero attached hydrogens (tertiary/aromatic N) is 2. The number of rotatable bonds is 7. The maximum Gasteiger partial charge on any atom is 0.345 e. The van der Waals surface area contributed by atoms with Crippen LogP contribution in [0.5, 0.6) is 0 Å². The van der Waals surface area contributed by atoms with E-state index in [2.05, 4.69) is 6.92 Å². The monoisotopic (exact) mass is 358 g/mol. The topological polar surface area (TPSA) is 91.4 Å². The molecule has 0 atom stereocenters. The second-order valence-corrected chi connectivity index (χ2v) is 6.16. The fraction of sp³-hybridized carbons (Fsp3) is 0.368. The molecular weight excluding hydrogens is 336 g/mol. The summed E-state index contributed by atoms with van der Waals surface area (Å²) in [7, 11) is 0. The molecule has 7 heteroatoms. The molecule has 0 bridgehead atoms. The lowest BCUT2D eigenvalue weighted by Crippen LogP contribution is -2.16. The summed E-state index contributed by atoms with van der Waals surface area (Å²) < 4.78 is 7.09. The van der Waals surface area contributed by atoms with Crippen LogP contribution in [0.2, 0.25) is 0 Å². The summed E-state index contributed by atoms with van der Waals surface area (Å²) in [5.41, 5.74) is 2.20. The van der Waals surface area contributed by atoms with Crippen molar-refractivity contribution < 1.29 is 19.2 Å². The van der Waals surface area contributed by atoms with Gasteiger partial charge in [-0.1, -0.05) is 19.1 Å². The summed E-state index contributed by atoms with van der Waals surface area (Å²) in [5.74, 6) is -1.21. The lowest BCUT2D eigenvalue weighted by atomic mass is 10.1. The minimum atomic E-state index is -0.879. The van der Waals surface area contributed by atoms with E-state index in [0.717, 1.165) is 24.4 Å². The van der Waals surface area contributed by atoms with Crippen molar-refractivity contribution >= 4 is 17.4 Å². The number of hydrogen-bond donors (Lipinski definition) is 0. The van der Waals surface area contributed by atoms with E-state index in [1.165, 1.54) is 6.07 Å². The van der Waals surface area contributed by atoms with Gasteiger partial charge in [0.2, 0.25) is 5.78 Å². The van der Waals surface area contributed by atoms with Gasteiger partial charge in [-0.25, -0.2) is 4.79 Å². The number of para-hydroxylation sites is 1. The van der Waals surface area contributed by atoms with E-state index in [4.69, 9.17) is 4.74 Å². The highest BCUT2D eigenvalue weighted by atomic mass is 16.6. The van der Waals surface area contributed by atoms with Gasteiger partial charge in [0.15, 0.2) is 6.61 Å². The normalized spacial score (nSPS) is 10.6. The lowest BCUT2D eigenvalue weighted by Gasteiger charge is -2.08. The van der Waals surface area contributed by atoms with Crippen molar-refractivity contribution in [3.05, 3.63) is 62.5 Å². The van der Waals surface area contributed by atoms with E-state index in [-0.39, 0.29) is 17.0 Å². The Bertz CT molecular complexity index is 867. The molecule has 0 aliphatic carbocycles. The molecule has 0 fully saturated rings. The van der Waals surface area contributed by atoms with Crippen LogP contribution in [0.4, 0.5) is 5.69 Å². The standard InChI is InChI=1S/C19H22N2O5/c1-5-9-20-13(3)10-16(14(20)4)17(22)11-26-19(23)15-8-6-7-12(2)18(15)21(24)25/h6-8,10H,5,9,11H2,1-4H3. The predicted molar refractivity (Wildman–Crippen MR) is 96.6 cm³/mol. The first-order chi connectivity index (χ1) is 12.3. The molecule has 0 aliphatic rings. The fourth-order valence-electron chi connectivity index (χ4n) is 3.00. The number of Topliss-reactive ketones (excluding diaryl/α,β-unsaturated/α-hetero) is 1. The van der Waals surface area contributed by atoms with Crippen molar-refractivity contribution in [1.82, 2.24) is 4.57 Å². The molecule has 2 aromatic rings. The Balaban J connectivity index is 2.16. The Hall–Kier alpha value is -2.96. The van der Waals surface area contributed by atoms with Gasteiger partial charge in [-0.3, -0.25) is 14.9 Å². The van der Waals surface area contributed by atoms with Crippen molar-refractivity contribution in [2.45, 2.75) is 40.7 Å². The molecule has 1 aromatic carbocycles. The third-order valence-electron chi connectivity index (χ3n) is 4.30. The second-order valence-electron chi connectivity index (χ2n) is 6.16. The molecule has 7 nitrogen and oxygen atoms in total. The van der Waals surface area contributed by atoms with Crippen molar-refractivity contribution in [2.24, 2.45) is 0 Å². The molecule has 0 aliphatic heterocycles. The molecule has 0 amide bonds. The van der Waals surface area contributed by atoms with Gasteiger partial charge in [0, 0.05) is 29.1 Å². The number of carbonyl (C=O) groups is 2. The number of carbonyl (C=O) groups excluding carboxylic acids is 2. The van der Waals surface area contributed by atoms with Gasteiger partial charge in [0.25, 0.3) is 5.69 Å². The first kappa shape index (κ1) is 19.4. The quantitative estimate of drug-likeness (QED) is 0.325. The lowest BCUT2D eigenvalue weighted by molar-refractivity contribution is -0.385. The zero-order chi connectivity index (χ0) is 19.4. The third kappa shape index (κ3) is 3.82. The zero-order valence-corrected chi connectivity index (χ0v) is 15.4. The van der Waals surface area contributed by atoms with Crippen LogP contribution < -0.4 is 0 Å². The molecular formula is C19H22N2O5. The van der Waals surface area contributed by atoms with Crippen LogP contribution in [-0.4, -0.2) is 27.8 Å². The third-order valence-corrected chi connectivity index (χ3v) is 4.30. The van der Waals surface area contributed by atoms with E-state index in [1.807, 2.05) is 18.4 Å². The van der Waals surface area contributed by atoms with Crippen LogP contribution >= 0.6 is 0 Å². The van der Waals surface area contributed by atoms with Gasteiger partial charge in [0.1, 0.15) is 5.56 Å². The van der Waals surface area contributed by atoms with Crippen molar-refractivity contribution in [3.8, 4) is 0 Å². The van der Waals surface area contributed by atoms with Crippen LogP contribution in [0.25, 0.3) is 0 Å². The Morgan fingerprint density at radius 1 is 1.19 bits per heavy atom. The number of esters is 1. The average molecular weight is 358 g/mol. The number of ether oxygens (including phenoxy) is 1. The molecule has 0 saturated heterocycles. The highest BCUT2D eigenvalue weighted by Gasteiger charge is 2.25. The molecule has 0 N–H and O–H groups in total. The first-order valence-electron chi connectivity index (χ1n) is 8.39. The summed E-state index contributed by atoms with van der Waals surface area (Å²) in [6.45, 7) is 7.71. The summed E-state index contributed by atoms with van der Waals surface area (Å²) in [5, 5.41) is 11.2. The average Bonchev–Trinajstić information content (AvgIpc) is 2.87. The molecule has 0 radical (unpaired) electrons. The second kappa shape index (κ2) is 7.95. The van der Waals surface area contributed by atoms with Crippen LogP contribution in [-0.2, 0) is 11.3 Å². The minimum absolute atomic E-state index is 0.153. The van der Waals surface area contributed by atoms with Crippen LogP contribution in [0.15, 0.2) is 24.3 Å². The Labute approximate surface area is 151 Å². The van der Waals surface area contributed by atoms with Crippen molar-refractivity contribution in [2.75, 3.05) is 6.61 Å². The highest BCUT2D eigenvalue weighted by Crippen LogP contribution is 2.24. The van der Waals surface area contributed by atoms with Crippen LogP contribution in [0.3, 0.4) is 0 Å². The van der Waals surface area contributed by atoms with Crippen LogP contribution in [0, 0.1) is 30.9 Å². The van der Waals surface area contributed by atoms with E-state index < -0.39 is 17.5 Å². The molecule has 138 valence electrons. The summed E-state index contributed by atoms with van der Waals surface area (Å²) >= 11 is 0. The van der Waals surface area contributed by atoms with E-state index in [1.54, 1.807) is 25.1 Å². The molecule has 1 aromatic heterocycles. The largest absolute Gasteiger partial charge is 0.454 e. The molecule has 0 unspecified atom stereocenters. The number of ketones is 1. The Morgan fingerprint density at radius 3 is 2.50 bits per heavy atom. The maximum atomic E-state index is 12.4. The van der Waals surface area contributed by atoms with Crippen LogP contribution in [0.1, 0.15) is 51.0 Å². The van der Waals surface area contributed by atoms with Gasteiger partial charge in [0.05, 0.1) is 4.92 Å². The number of nitro benzene ring substituents is 1. The Morgan fingerprint density at radius 2 is 1.88 bits per heavy atom. The van der Waals surface area contributed by atoms with Gasteiger partial charge < -0.3 is 9.30 Å². The number of aryl methyl sites for hydroxylation is 2. The van der Waals surface area contributed by atoms with Gasteiger partial charge in [-0.15, -0.1) is 0 Å². The maximum absolute atomic E-state index is 12.4. The summed E-state index contributed by atoms with van der Waals surface area (Å²) in [6, 6.07) is 6.18. The number of benzene rings is 1. The summed E-state index contributed by atoms with van der Waals surface area (Å²) in [6.07, 6.45) is 0.940. The molecule has 26 heavy (non-hydrogen) atoms. The van der Waals surface area contributed by atoms with Gasteiger partial charge in [-0.2, -0.15) is 0 Å². The van der Waals surface area contributed by atoms with E-state index in [9.17, 15) is 19.7 Å². The molecule has 2 rings (SSSR count). The number of aromatic nitrogens is 1. The SMILES string of the molecule is CCCn1c(C)cc(C(=O)COC(=O)c2cccc(C)c2[N+](=O)[O-])c1C. The van der Waals surface area contributed by atoms with Crippen molar-refractivity contribution in [1.29, 1.82) is 0 Å². The minimum Gasteiger partial charge on any atom is -0.454 e. The van der Waals surface area contributed by atoms with Gasteiger partial charge >= 0.3 is 5.97 Å². The van der Waals surface area contributed by atoms with Gasteiger partial charge in [-0.05, 0) is 39.3 Å². The number of nitro groups is 1. The molecule has 0 saturated carbocycles. The van der Waals surface area contributed by atoms with E-state index >= 15 is 0 Å². The van der Waals surface area contributed by atoms with Crippen molar-refractivity contribution in [3.63, 3.8) is 0 Å². The smallest absolute Gasteiger partial charge is 0.345 e. The molecule has 1 heterocycles. The van der Waals surface area contributed by atoms with E-state index in [0.29, 0.717) is 11.1 Å². The predicted octanol–water partition coefficient (Wildman–Crippen LogP) is 3.77. The highest BCUT2D eigenvalue weighted by molar-refractivity contribution is 6.01. The molecule has 0 spiro atoms. The fourth-order valence-corrected chi connectivity index (χ4v) is 3.00. The zero-order valence-electron chi connectivity index (χ0n) is 15.4. The summed E-state index contributed by atoms with van der Waals surface area (Å²) in [4.78, 5) is 35.2. The number of hydrogen-bond acceptors (Lipinski definition) is 5.